The van der Waals surface area contributed by atoms with Crippen LogP contribution in [0.25, 0.3) is 33.5 Å². The maximum atomic E-state index is 12.1. The number of hydrogen-bond acceptors (Lipinski definition) is 9. The molecule has 0 radical (unpaired) electrons. The third-order valence-electron chi connectivity index (χ3n) is 5.40. The summed E-state index contributed by atoms with van der Waals surface area (Å²) in [5, 5.41) is 0. The number of oxazole rings is 1. The van der Waals surface area contributed by atoms with Crippen molar-refractivity contribution in [2.24, 2.45) is 5.73 Å². The lowest BCUT2D eigenvalue weighted by Crippen LogP contribution is -2.52. The van der Waals surface area contributed by atoms with E-state index in [0.29, 0.717) is 48.4 Å². The van der Waals surface area contributed by atoms with Crippen molar-refractivity contribution in [3.8, 4) is 11.3 Å². The molecule has 31 heavy (non-hydrogen) atoms. The van der Waals surface area contributed by atoms with Gasteiger partial charge < -0.3 is 25.7 Å². The van der Waals surface area contributed by atoms with Crippen LogP contribution in [-0.2, 0) is 4.79 Å². The number of carbonyl (C=O) groups is 1. The van der Waals surface area contributed by atoms with Crippen molar-refractivity contribution in [3.63, 3.8) is 0 Å². The van der Waals surface area contributed by atoms with Gasteiger partial charge in [-0.2, -0.15) is 4.98 Å². The number of carbonyl (C=O) groups excluding carboxylic acids is 1. The first-order valence-electron chi connectivity index (χ1n) is 10.1. The molecule has 1 amide bonds. The summed E-state index contributed by atoms with van der Waals surface area (Å²) in [4.78, 5) is 34.1. The molecule has 0 saturated carbocycles. The zero-order valence-corrected chi connectivity index (χ0v) is 17.0. The van der Waals surface area contributed by atoms with E-state index in [9.17, 15) is 4.79 Å². The third kappa shape index (κ3) is 3.61. The molecule has 1 unspecified atom stereocenters. The minimum atomic E-state index is -0.484. The van der Waals surface area contributed by atoms with E-state index in [1.54, 1.807) is 18.0 Å². The number of aromatic nitrogens is 4. The minimum absolute atomic E-state index is 0.0265. The van der Waals surface area contributed by atoms with Gasteiger partial charge in [0.05, 0.1) is 17.9 Å². The quantitative estimate of drug-likeness (QED) is 0.505. The number of anilines is 2. The van der Waals surface area contributed by atoms with Gasteiger partial charge in [0.25, 0.3) is 6.01 Å². The van der Waals surface area contributed by atoms with Crippen molar-refractivity contribution in [2.45, 2.75) is 13.0 Å². The molecular weight excluding hydrogens is 396 g/mol. The summed E-state index contributed by atoms with van der Waals surface area (Å²) in [5.41, 5.74) is 15.6. The summed E-state index contributed by atoms with van der Waals surface area (Å²) >= 11 is 0. The molecule has 1 aromatic carbocycles. The number of nitrogen functional groups attached to an aromatic ring is 1. The van der Waals surface area contributed by atoms with Crippen molar-refractivity contribution in [1.29, 1.82) is 0 Å². The van der Waals surface area contributed by atoms with Gasteiger partial charge in [-0.1, -0.05) is 0 Å². The standard InChI is InChI=1S/C21H22N8O2/c1-12(22)20(30)29-8-6-28(7-9-29)18-11-24-15-4-3-14(25-19(15)27-18)13-2-5-17-16(10-13)26-21(23)31-17/h2-5,10-12H,6-9,22H2,1H3,(H2,23,26). The smallest absolute Gasteiger partial charge is 0.292 e. The average Bonchev–Trinajstić information content (AvgIpc) is 3.17. The Morgan fingerprint density at radius 3 is 2.65 bits per heavy atom. The Balaban J connectivity index is 1.41. The van der Waals surface area contributed by atoms with E-state index in [1.165, 1.54) is 0 Å². The van der Waals surface area contributed by atoms with Crippen molar-refractivity contribution in [3.05, 3.63) is 36.5 Å². The number of amides is 1. The van der Waals surface area contributed by atoms with Gasteiger partial charge in [-0.3, -0.25) is 4.79 Å². The van der Waals surface area contributed by atoms with Crippen LogP contribution in [-0.4, -0.2) is 63.0 Å². The first-order valence-corrected chi connectivity index (χ1v) is 10.1. The molecule has 0 bridgehead atoms. The number of rotatable bonds is 3. The second kappa shape index (κ2) is 7.47. The molecule has 1 saturated heterocycles. The normalized spacial score (nSPS) is 15.5. The highest BCUT2D eigenvalue weighted by molar-refractivity contribution is 5.83. The average molecular weight is 418 g/mol. The summed E-state index contributed by atoms with van der Waals surface area (Å²) in [6.07, 6.45) is 1.75. The third-order valence-corrected chi connectivity index (χ3v) is 5.40. The van der Waals surface area contributed by atoms with E-state index in [1.807, 2.05) is 30.3 Å². The number of pyridine rings is 1. The van der Waals surface area contributed by atoms with Crippen LogP contribution in [0.2, 0.25) is 0 Å². The summed E-state index contributed by atoms with van der Waals surface area (Å²) in [5.74, 6) is 0.714. The van der Waals surface area contributed by atoms with E-state index in [0.717, 1.165) is 17.1 Å². The van der Waals surface area contributed by atoms with Crippen molar-refractivity contribution in [1.82, 2.24) is 24.8 Å². The molecule has 1 aliphatic rings. The molecule has 4 heterocycles. The number of fused-ring (bicyclic) bond motifs is 2. The van der Waals surface area contributed by atoms with Gasteiger partial charge in [0.15, 0.2) is 11.2 Å². The second-order valence-electron chi connectivity index (χ2n) is 7.60. The first kappa shape index (κ1) is 19.2. The van der Waals surface area contributed by atoms with Crippen LogP contribution in [0, 0.1) is 0 Å². The molecule has 158 valence electrons. The Bertz CT molecular complexity index is 1280. The van der Waals surface area contributed by atoms with Crippen LogP contribution in [0.3, 0.4) is 0 Å². The van der Waals surface area contributed by atoms with Gasteiger partial charge in [-0.15, -0.1) is 0 Å². The fourth-order valence-corrected chi connectivity index (χ4v) is 3.75. The maximum absolute atomic E-state index is 12.1. The van der Waals surface area contributed by atoms with Gasteiger partial charge in [0.1, 0.15) is 16.9 Å². The Labute approximate surface area is 177 Å². The zero-order chi connectivity index (χ0) is 21.5. The predicted octanol–water partition coefficient (Wildman–Crippen LogP) is 1.41. The maximum Gasteiger partial charge on any atom is 0.292 e. The van der Waals surface area contributed by atoms with Crippen LogP contribution < -0.4 is 16.4 Å². The first-order chi connectivity index (χ1) is 15.0. The number of nitrogens with zero attached hydrogens (tertiary/aromatic N) is 6. The Morgan fingerprint density at radius 1 is 1.06 bits per heavy atom. The predicted molar refractivity (Wildman–Crippen MR) is 117 cm³/mol. The summed E-state index contributed by atoms with van der Waals surface area (Å²) in [6, 6.07) is 9.07. The highest BCUT2D eigenvalue weighted by atomic mass is 16.4. The van der Waals surface area contributed by atoms with E-state index >= 15 is 0 Å². The molecule has 0 spiro atoms. The molecule has 10 nitrogen and oxygen atoms in total. The van der Waals surface area contributed by atoms with Crippen molar-refractivity contribution in [2.75, 3.05) is 36.8 Å². The lowest BCUT2D eigenvalue weighted by atomic mass is 10.1. The van der Waals surface area contributed by atoms with Gasteiger partial charge in [0, 0.05) is 31.7 Å². The second-order valence-corrected chi connectivity index (χ2v) is 7.60. The topological polar surface area (TPSA) is 140 Å². The summed E-state index contributed by atoms with van der Waals surface area (Å²) in [6.45, 7) is 4.26. The largest absolute Gasteiger partial charge is 0.424 e. The monoisotopic (exact) mass is 418 g/mol. The Hall–Kier alpha value is -3.79. The fourth-order valence-electron chi connectivity index (χ4n) is 3.75. The number of hydrogen-bond donors (Lipinski definition) is 2. The summed E-state index contributed by atoms with van der Waals surface area (Å²) < 4.78 is 5.33. The van der Waals surface area contributed by atoms with Crippen molar-refractivity contribution < 1.29 is 9.21 Å². The van der Waals surface area contributed by atoms with Gasteiger partial charge in [0.2, 0.25) is 5.91 Å². The van der Waals surface area contributed by atoms with Gasteiger partial charge >= 0.3 is 0 Å². The molecule has 1 fully saturated rings. The molecule has 1 atom stereocenters. The molecule has 5 rings (SSSR count). The van der Waals surface area contributed by atoms with E-state index < -0.39 is 6.04 Å². The number of nitrogens with two attached hydrogens (primary N) is 2. The number of benzene rings is 1. The SMILES string of the molecule is CC(N)C(=O)N1CCN(c2cnc3ccc(-c4ccc5oc(N)nc5c4)nc3n2)CC1. The highest BCUT2D eigenvalue weighted by Gasteiger charge is 2.24. The van der Waals surface area contributed by atoms with Crippen LogP contribution in [0.1, 0.15) is 6.92 Å². The number of piperazine rings is 1. The molecular formula is C21H22N8O2. The molecule has 0 aliphatic carbocycles. The van der Waals surface area contributed by atoms with Crippen molar-refractivity contribution >= 4 is 40.0 Å². The minimum Gasteiger partial charge on any atom is -0.424 e. The molecule has 1 aliphatic heterocycles. The van der Waals surface area contributed by atoms with Crippen LogP contribution in [0.15, 0.2) is 40.9 Å². The van der Waals surface area contributed by atoms with Gasteiger partial charge in [-0.25, -0.2) is 15.0 Å². The molecule has 4 aromatic rings. The zero-order valence-electron chi connectivity index (χ0n) is 17.0. The van der Waals surface area contributed by atoms with Gasteiger partial charge in [-0.05, 0) is 37.3 Å². The molecule has 3 aromatic heterocycles. The fraction of sp³-hybridized carbons (Fsp3) is 0.286. The molecule has 4 N–H and O–H groups in total. The highest BCUT2D eigenvalue weighted by Crippen LogP contribution is 2.26. The van der Waals surface area contributed by atoms with E-state index in [2.05, 4.69) is 14.9 Å². The van der Waals surface area contributed by atoms with Crippen LogP contribution in [0.4, 0.5) is 11.8 Å². The van der Waals surface area contributed by atoms with E-state index in [-0.39, 0.29) is 11.9 Å². The molecule has 10 heteroatoms. The van der Waals surface area contributed by atoms with E-state index in [4.69, 9.17) is 25.9 Å². The summed E-state index contributed by atoms with van der Waals surface area (Å²) in [7, 11) is 0. The lowest BCUT2D eigenvalue weighted by molar-refractivity contribution is -0.132. The lowest BCUT2D eigenvalue weighted by Gasteiger charge is -2.35. The Kier molecular flexibility index (Phi) is 4.63. The van der Waals surface area contributed by atoms with Crippen LogP contribution >= 0.6 is 0 Å². The Morgan fingerprint density at radius 2 is 1.87 bits per heavy atom. The van der Waals surface area contributed by atoms with Crippen LogP contribution in [0.5, 0.6) is 0 Å².